The summed E-state index contributed by atoms with van der Waals surface area (Å²) >= 11 is 0. The summed E-state index contributed by atoms with van der Waals surface area (Å²) in [5.41, 5.74) is 4.00. The summed E-state index contributed by atoms with van der Waals surface area (Å²) < 4.78 is 36.5. The van der Waals surface area contributed by atoms with Crippen LogP contribution in [0.5, 0.6) is 5.75 Å². The number of hydrogen-bond acceptors (Lipinski definition) is 3. The first-order chi connectivity index (χ1) is 24.4. The molecule has 2 aromatic heterocycles. The third-order valence-electron chi connectivity index (χ3n) is 9.47. The highest BCUT2D eigenvalue weighted by Gasteiger charge is 2.24. The van der Waals surface area contributed by atoms with Crippen molar-refractivity contribution in [3.8, 4) is 39.4 Å². The number of nitrogens with zero attached hydrogens (tertiary/aromatic N) is 3. The molecule has 6 nitrogen and oxygen atoms in total. The zero-order valence-corrected chi connectivity index (χ0v) is 26.2. The largest absolute Gasteiger partial charge is 0.507 e. The fourth-order valence-corrected chi connectivity index (χ4v) is 7.28. The van der Waals surface area contributed by atoms with Crippen LogP contribution < -0.4 is 0 Å². The molecule has 0 radical (unpaired) electrons. The van der Waals surface area contributed by atoms with Crippen LogP contribution in [0.2, 0.25) is 0 Å². The SMILES string of the molecule is O=[N+]([O-])c1ccc(-n2c3ccccc3c3ccccc32)cc1-c1cc(F)c(-c2cc(-n3c4ccccc4c4ccccc43)ccc2O)cc1F. The fraction of sp³-hybridized carbons (Fsp3) is 0. The molecule has 0 aliphatic rings. The molecule has 9 aromatic rings. The summed E-state index contributed by atoms with van der Waals surface area (Å²) in [5.74, 6) is -1.95. The van der Waals surface area contributed by atoms with Crippen molar-refractivity contribution in [2.75, 3.05) is 0 Å². The van der Waals surface area contributed by atoms with Gasteiger partial charge in [-0.05, 0) is 66.7 Å². The Bertz CT molecular complexity index is 2750. The molecule has 0 aliphatic heterocycles. The Labute approximate surface area is 283 Å². The van der Waals surface area contributed by atoms with Gasteiger partial charge in [-0.25, -0.2) is 8.78 Å². The molecule has 0 spiro atoms. The molecule has 9 rings (SSSR count). The van der Waals surface area contributed by atoms with Crippen molar-refractivity contribution >= 4 is 49.3 Å². The number of nitro groups is 1. The number of aromatic nitrogens is 2. The molecule has 0 atom stereocenters. The minimum absolute atomic E-state index is 0.0689. The maximum absolute atomic E-state index is 16.3. The van der Waals surface area contributed by atoms with E-state index in [0.29, 0.717) is 11.4 Å². The lowest BCUT2D eigenvalue weighted by Crippen LogP contribution is -2.00. The second-order valence-electron chi connectivity index (χ2n) is 12.2. The summed E-state index contributed by atoms with van der Waals surface area (Å²) in [5, 5.41) is 27.2. The van der Waals surface area contributed by atoms with Gasteiger partial charge in [-0.3, -0.25) is 10.1 Å². The number of phenols is 1. The normalized spacial score (nSPS) is 11.6. The first-order valence-corrected chi connectivity index (χ1v) is 16.0. The lowest BCUT2D eigenvalue weighted by molar-refractivity contribution is -0.384. The average Bonchev–Trinajstić information content (AvgIpc) is 3.66. The third kappa shape index (κ3) is 4.39. The Balaban J connectivity index is 1.21. The van der Waals surface area contributed by atoms with Crippen LogP contribution in [-0.2, 0) is 0 Å². The van der Waals surface area contributed by atoms with Crippen LogP contribution in [0.4, 0.5) is 14.5 Å². The predicted molar refractivity (Wildman–Crippen MR) is 194 cm³/mol. The van der Waals surface area contributed by atoms with Crippen molar-refractivity contribution in [3.63, 3.8) is 0 Å². The lowest BCUT2D eigenvalue weighted by atomic mass is 9.96. The molecule has 0 amide bonds. The van der Waals surface area contributed by atoms with E-state index in [1.165, 1.54) is 18.2 Å². The number of para-hydroxylation sites is 4. The lowest BCUT2D eigenvalue weighted by Gasteiger charge is -2.14. The van der Waals surface area contributed by atoms with E-state index in [1.807, 2.05) is 106 Å². The van der Waals surface area contributed by atoms with Crippen LogP contribution in [0.15, 0.2) is 146 Å². The Kier molecular flexibility index (Phi) is 6.54. The molecule has 0 unspecified atom stereocenters. The molecular formula is C42H25F2N3O3. The van der Waals surface area contributed by atoms with Gasteiger partial charge in [-0.15, -0.1) is 0 Å². The van der Waals surface area contributed by atoms with Crippen molar-refractivity contribution in [2.24, 2.45) is 0 Å². The van der Waals surface area contributed by atoms with Gasteiger partial charge in [-0.2, -0.15) is 0 Å². The van der Waals surface area contributed by atoms with Crippen LogP contribution in [0.25, 0.3) is 77.2 Å². The first-order valence-electron chi connectivity index (χ1n) is 16.0. The van der Waals surface area contributed by atoms with E-state index in [4.69, 9.17) is 0 Å². The maximum atomic E-state index is 16.3. The van der Waals surface area contributed by atoms with Crippen LogP contribution in [0.3, 0.4) is 0 Å². The number of rotatable bonds is 5. The molecule has 50 heavy (non-hydrogen) atoms. The van der Waals surface area contributed by atoms with Crippen LogP contribution in [-0.4, -0.2) is 19.2 Å². The van der Waals surface area contributed by atoms with Crippen molar-refractivity contribution in [3.05, 3.63) is 167 Å². The monoisotopic (exact) mass is 657 g/mol. The van der Waals surface area contributed by atoms with Gasteiger partial charge in [-0.1, -0.05) is 72.8 Å². The molecule has 240 valence electrons. The second-order valence-corrected chi connectivity index (χ2v) is 12.2. The Morgan fingerprint density at radius 3 is 1.30 bits per heavy atom. The highest BCUT2D eigenvalue weighted by Crippen LogP contribution is 2.41. The first kappa shape index (κ1) is 29.3. The molecule has 8 heteroatoms. The second kappa shape index (κ2) is 11.1. The number of aromatic hydroxyl groups is 1. The van der Waals surface area contributed by atoms with Gasteiger partial charge in [0.25, 0.3) is 5.69 Å². The maximum Gasteiger partial charge on any atom is 0.277 e. The molecule has 0 saturated heterocycles. The highest BCUT2D eigenvalue weighted by molar-refractivity contribution is 6.10. The Morgan fingerprint density at radius 2 is 0.860 bits per heavy atom. The third-order valence-corrected chi connectivity index (χ3v) is 9.47. The smallest absolute Gasteiger partial charge is 0.277 e. The fourth-order valence-electron chi connectivity index (χ4n) is 7.28. The van der Waals surface area contributed by atoms with Gasteiger partial charge >= 0.3 is 0 Å². The number of halogens is 2. The van der Waals surface area contributed by atoms with Crippen LogP contribution >= 0.6 is 0 Å². The molecule has 1 N–H and O–H groups in total. The summed E-state index contributed by atoms with van der Waals surface area (Å²) in [7, 11) is 0. The number of phenolic OH excluding ortho intramolecular Hbond substituents is 1. The molecule has 0 aliphatic carbocycles. The summed E-state index contributed by atoms with van der Waals surface area (Å²) in [6.07, 6.45) is 0. The number of benzene rings is 7. The summed E-state index contributed by atoms with van der Waals surface area (Å²) in [6, 6.07) is 42.6. The van der Waals surface area contributed by atoms with Crippen molar-refractivity contribution in [1.82, 2.24) is 9.13 Å². The quantitative estimate of drug-likeness (QED) is 0.148. The van der Waals surface area contributed by atoms with Gasteiger partial charge in [0.15, 0.2) is 0 Å². The van der Waals surface area contributed by atoms with E-state index in [9.17, 15) is 15.2 Å². The summed E-state index contributed by atoms with van der Waals surface area (Å²) in [4.78, 5) is 11.6. The molecule has 0 saturated carbocycles. The molecular weight excluding hydrogens is 632 g/mol. The van der Waals surface area contributed by atoms with Gasteiger partial charge in [0.1, 0.15) is 17.4 Å². The van der Waals surface area contributed by atoms with Gasteiger partial charge in [0.2, 0.25) is 0 Å². The van der Waals surface area contributed by atoms with Crippen molar-refractivity contribution < 1.29 is 18.8 Å². The topological polar surface area (TPSA) is 73.2 Å². The molecule has 2 heterocycles. The number of nitro benzene ring substituents is 1. The van der Waals surface area contributed by atoms with E-state index in [-0.39, 0.29) is 33.7 Å². The van der Waals surface area contributed by atoms with Crippen molar-refractivity contribution in [1.29, 1.82) is 0 Å². The molecule has 0 fully saturated rings. The molecule has 0 bridgehead atoms. The summed E-state index contributed by atoms with van der Waals surface area (Å²) in [6.45, 7) is 0. The minimum Gasteiger partial charge on any atom is -0.507 e. The Hall–Kier alpha value is -6.80. The van der Waals surface area contributed by atoms with Crippen LogP contribution in [0.1, 0.15) is 0 Å². The molecule has 7 aromatic carbocycles. The van der Waals surface area contributed by atoms with Gasteiger partial charge in [0, 0.05) is 55.7 Å². The van der Waals surface area contributed by atoms with E-state index in [2.05, 4.69) is 0 Å². The van der Waals surface area contributed by atoms with E-state index >= 15 is 8.78 Å². The van der Waals surface area contributed by atoms with Crippen molar-refractivity contribution in [2.45, 2.75) is 0 Å². The zero-order chi connectivity index (χ0) is 34.1. The highest BCUT2D eigenvalue weighted by atomic mass is 19.1. The van der Waals surface area contributed by atoms with Gasteiger partial charge < -0.3 is 14.2 Å². The standard InChI is InChI=1S/C42H25F2N3O3/c43-35-24-32(34-22-26(18-20-42(34)48)46-39-15-7-3-11-29(39)30-12-4-8-16-40(30)46)36(44)23-31(35)33-21-25(17-19-41(33)47(49)50)45-37-13-5-1-9-27(37)28-10-2-6-14-38(28)45/h1-24,48H. The van der Waals surface area contributed by atoms with Gasteiger partial charge in [0.05, 0.1) is 32.6 Å². The number of fused-ring (bicyclic) bond motifs is 6. The minimum atomic E-state index is -0.870. The van der Waals surface area contributed by atoms with E-state index in [1.54, 1.807) is 18.2 Å². The average molecular weight is 658 g/mol. The van der Waals surface area contributed by atoms with E-state index < -0.39 is 16.6 Å². The number of hydrogen-bond donors (Lipinski definition) is 1. The predicted octanol–water partition coefficient (Wildman–Crippen LogP) is 11.1. The zero-order valence-electron chi connectivity index (χ0n) is 26.2. The van der Waals surface area contributed by atoms with Crippen LogP contribution in [0, 0.1) is 21.7 Å². The van der Waals surface area contributed by atoms with E-state index in [0.717, 1.165) is 55.7 Å². The Morgan fingerprint density at radius 1 is 0.480 bits per heavy atom.